The monoisotopic (exact) mass is 376 g/mol. The minimum atomic E-state index is 0.396. The van der Waals surface area contributed by atoms with Gasteiger partial charge in [0.2, 0.25) is 5.95 Å². The van der Waals surface area contributed by atoms with E-state index in [0.717, 1.165) is 44.0 Å². The Hall–Kier alpha value is -3.13. The van der Waals surface area contributed by atoms with Crippen LogP contribution in [0.4, 0.5) is 17.6 Å². The number of pyridine rings is 1. The number of likely N-dealkylation sites (tertiary alicyclic amines) is 1. The lowest BCUT2D eigenvalue weighted by Gasteiger charge is -2.32. The minimum Gasteiger partial charge on any atom is -0.373 e. The van der Waals surface area contributed by atoms with Crippen LogP contribution in [0, 0.1) is 0 Å². The standard InChI is InChI=1S/C20H24N8/c1-21-18-10-19(25-14-24-18)27-20-23-8-6-17(26-20)16-5-3-9-28(13-16)12-15-4-2-7-22-11-15/h2,4,6-8,10-11,14,16H,3,5,9,12-13H2,1H3,(H2,21,23,24,25,26,27). The molecule has 4 heterocycles. The van der Waals surface area contributed by atoms with Crippen LogP contribution in [0.3, 0.4) is 0 Å². The summed E-state index contributed by atoms with van der Waals surface area (Å²) >= 11 is 0. The van der Waals surface area contributed by atoms with Gasteiger partial charge in [-0.05, 0) is 37.1 Å². The molecule has 0 amide bonds. The second-order valence-corrected chi connectivity index (χ2v) is 6.90. The van der Waals surface area contributed by atoms with Crippen LogP contribution in [0.5, 0.6) is 0 Å². The average Bonchev–Trinajstić information content (AvgIpc) is 2.75. The molecule has 1 aliphatic heterocycles. The molecule has 1 aliphatic rings. The summed E-state index contributed by atoms with van der Waals surface area (Å²) in [4.78, 5) is 24.1. The fourth-order valence-electron chi connectivity index (χ4n) is 3.53. The number of anilines is 3. The van der Waals surface area contributed by atoms with E-state index < -0.39 is 0 Å². The molecule has 28 heavy (non-hydrogen) atoms. The predicted molar refractivity (Wildman–Crippen MR) is 108 cm³/mol. The van der Waals surface area contributed by atoms with Crippen molar-refractivity contribution in [1.82, 2.24) is 29.8 Å². The van der Waals surface area contributed by atoms with Gasteiger partial charge in [0.15, 0.2) is 0 Å². The number of piperidine rings is 1. The predicted octanol–water partition coefficient (Wildman–Crippen LogP) is 2.83. The smallest absolute Gasteiger partial charge is 0.228 e. The van der Waals surface area contributed by atoms with E-state index in [4.69, 9.17) is 4.98 Å². The molecule has 0 radical (unpaired) electrons. The molecule has 1 fully saturated rings. The maximum absolute atomic E-state index is 4.75. The molecule has 4 rings (SSSR count). The molecule has 8 heteroatoms. The topological polar surface area (TPSA) is 91.8 Å². The Morgan fingerprint density at radius 1 is 1.14 bits per heavy atom. The fraction of sp³-hybridized carbons (Fsp3) is 0.350. The Morgan fingerprint density at radius 3 is 2.93 bits per heavy atom. The van der Waals surface area contributed by atoms with E-state index in [1.165, 1.54) is 11.9 Å². The van der Waals surface area contributed by atoms with Crippen LogP contribution in [-0.2, 0) is 6.54 Å². The Morgan fingerprint density at radius 2 is 2.07 bits per heavy atom. The molecule has 1 unspecified atom stereocenters. The number of hydrogen-bond acceptors (Lipinski definition) is 8. The Kier molecular flexibility index (Phi) is 5.67. The zero-order valence-corrected chi connectivity index (χ0v) is 15.9. The third-order valence-electron chi connectivity index (χ3n) is 4.89. The van der Waals surface area contributed by atoms with Crippen LogP contribution in [0.2, 0.25) is 0 Å². The van der Waals surface area contributed by atoms with Crippen molar-refractivity contribution in [2.24, 2.45) is 0 Å². The van der Waals surface area contributed by atoms with Crippen molar-refractivity contribution < 1.29 is 0 Å². The van der Waals surface area contributed by atoms with Gasteiger partial charge in [-0.1, -0.05) is 6.07 Å². The summed E-state index contributed by atoms with van der Waals surface area (Å²) in [5.41, 5.74) is 2.31. The van der Waals surface area contributed by atoms with Crippen molar-refractivity contribution >= 4 is 17.6 Å². The van der Waals surface area contributed by atoms with Gasteiger partial charge in [0.05, 0.1) is 5.69 Å². The zero-order valence-electron chi connectivity index (χ0n) is 15.9. The van der Waals surface area contributed by atoms with Gasteiger partial charge in [-0.15, -0.1) is 0 Å². The Bertz CT molecular complexity index is 901. The second kappa shape index (κ2) is 8.71. The van der Waals surface area contributed by atoms with Gasteiger partial charge in [-0.2, -0.15) is 0 Å². The summed E-state index contributed by atoms with van der Waals surface area (Å²) in [6, 6.07) is 7.96. The molecule has 0 bridgehead atoms. The average molecular weight is 376 g/mol. The molecular formula is C20H24N8. The van der Waals surface area contributed by atoms with Crippen LogP contribution < -0.4 is 10.6 Å². The molecule has 0 spiro atoms. The number of nitrogens with one attached hydrogen (secondary N) is 2. The molecule has 8 nitrogen and oxygen atoms in total. The van der Waals surface area contributed by atoms with Gasteiger partial charge in [-0.25, -0.2) is 19.9 Å². The van der Waals surface area contributed by atoms with E-state index in [1.807, 2.05) is 43.8 Å². The van der Waals surface area contributed by atoms with Gasteiger partial charge in [0.1, 0.15) is 18.0 Å². The molecule has 1 saturated heterocycles. The van der Waals surface area contributed by atoms with Crippen molar-refractivity contribution in [2.75, 3.05) is 30.8 Å². The lowest BCUT2D eigenvalue weighted by atomic mass is 9.94. The fourth-order valence-corrected chi connectivity index (χ4v) is 3.53. The molecule has 1 atom stereocenters. The van der Waals surface area contributed by atoms with Crippen LogP contribution >= 0.6 is 0 Å². The van der Waals surface area contributed by atoms with Crippen molar-refractivity contribution in [3.8, 4) is 0 Å². The van der Waals surface area contributed by atoms with Crippen molar-refractivity contribution in [3.63, 3.8) is 0 Å². The molecule has 2 N–H and O–H groups in total. The van der Waals surface area contributed by atoms with Gasteiger partial charge in [0, 0.05) is 50.7 Å². The lowest BCUT2D eigenvalue weighted by molar-refractivity contribution is 0.198. The first-order valence-corrected chi connectivity index (χ1v) is 9.51. The third-order valence-corrected chi connectivity index (χ3v) is 4.89. The largest absolute Gasteiger partial charge is 0.373 e. The SMILES string of the molecule is CNc1cc(Nc2nccc(C3CCCN(Cc4cccnc4)C3)n2)ncn1. The van der Waals surface area contributed by atoms with Crippen LogP contribution in [0.25, 0.3) is 0 Å². The lowest BCUT2D eigenvalue weighted by Crippen LogP contribution is -2.34. The minimum absolute atomic E-state index is 0.396. The van der Waals surface area contributed by atoms with E-state index in [2.05, 4.69) is 41.5 Å². The first kappa shape index (κ1) is 18.2. The zero-order chi connectivity index (χ0) is 19.2. The normalized spacial score (nSPS) is 17.2. The van der Waals surface area contributed by atoms with Gasteiger partial charge in [-0.3, -0.25) is 9.88 Å². The molecular weight excluding hydrogens is 352 g/mol. The first-order chi connectivity index (χ1) is 13.8. The van der Waals surface area contributed by atoms with Crippen molar-refractivity contribution in [3.05, 3.63) is 60.4 Å². The van der Waals surface area contributed by atoms with E-state index in [1.54, 1.807) is 0 Å². The molecule has 3 aromatic heterocycles. The molecule has 0 saturated carbocycles. The number of rotatable bonds is 6. The number of hydrogen-bond donors (Lipinski definition) is 2. The van der Waals surface area contributed by atoms with Crippen molar-refractivity contribution in [2.45, 2.75) is 25.3 Å². The van der Waals surface area contributed by atoms with E-state index in [9.17, 15) is 0 Å². The first-order valence-electron chi connectivity index (χ1n) is 9.51. The Labute approximate surface area is 164 Å². The molecule has 144 valence electrons. The summed E-state index contributed by atoms with van der Waals surface area (Å²) in [5, 5.41) is 6.17. The highest BCUT2D eigenvalue weighted by atomic mass is 15.2. The summed E-state index contributed by atoms with van der Waals surface area (Å²) in [6.45, 7) is 3.02. The highest BCUT2D eigenvalue weighted by molar-refractivity contribution is 5.52. The summed E-state index contributed by atoms with van der Waals surface area (Å²) in [6.07, 6.45) is 9.37. The van der Waals surface area contributed by atoms with Gasteiger partial charge >= 0.3 is 0 Å². The van der Waals surface area contributed by atoms with E-state index >= 15 is 0 Å². The quantitative estimate of drug-likeness (QED) is 0.679. The maximum atomic E-state index is 4.75. The van der Waals surface area contributed by atoms with Gasteiger partial charge < -0.3 is 10.6 Å². The molecule has 0 aliphatic carbocycles. The molecule has 3 aromatic rings. The summed E-state index contributed by atoms with van der Waals surface area (Å²) in [5.74, 6) is 2.36. The van der Waals surface area contributed by atoms with Crippen molar-refractivity contribution in [1.29, 1.82) is 0 Å². The summed E-state index contributed by atoms with van der Waals surface area (Å²) < 4.78 is 0. The highest BCUT2D eigenvalue weighted by Gasteiger charge is 2.23. The maximum Gasteiger partial charge on any atom is 0.228 e. The van der Waals surface area contributed by atoms with Gasteiger partial charge in [0.25, 0.3) is 0 Å². The third kappa shape index (κ3) is 4.58. The van der Waals surface area contributed by atoms with Crippen LogP contribution in [0.15, 0.2) is 49.2 Å². The number of nitrogens with zero attached hydrogens (tertiary/aromatic N) is 6. The second-order valence-electron chi connectivity index (χ2n) is 6.90. The van der Waals surface area contributed by atoms with E-state index in [0.29, 0.717) is 17.7 Å². The van der Waals surface area contributed by atoms with E-state index in [-0.39, 0.29) is 0 Å². The van der Waals surface area contributed by atoms with Crippen LogP contribution in [0.1, 0.15) is 30.0 Å². The van der Waals surface area contributed by atoms with Crippen LogP contribution in [-0.4, -0.2) is 50.0 Å². The Balaban J connectivity index is 1.44. The number of aromatic nitrogens is 5. The highest BCUT2D eigenvalue weighted by Crippen LogP contribution is 2.27. The summed E-state index contributed by atoms with van der Waals surface area (Å²) in [7, 11) is 1.82. The molecule has 0 aromatic carbocycles.